The van der Waals surface area contributed by atoms with Gasteiger partial charge in [-0.25, -0.2) is 9.59 Å². The maximum Gasteiger partial charge on any atom is 0.338 e. The third kappa shape index (κ3) is 2.08. The molecule has 0 radical (unpaired) electrons. The Bertz CT molecular complexity index is 478. The molecular weight excluding hydrogens is 224 g/mol. The number of aromatic carboxylic acids is 1. The Morgan fingerprint density at radius 3 is 2.82 bits per heavy atom. The molecule has 1 heterocycles. The van der Waals surface area contributed by atoms with Gasteiger partial charge < -0.3 is 14.6 Å². The summed E-state index contributed by atoms with van der Waals surface area (Å²) in [6.07, 6.45) is 1.50. The van der Waals surface area contributed by atoms with Crippen molar-refractivity contribution in [3.8, 4) is 5.75 Å². The Labute approximate surface area is 98.0 Å². The maximum atomic E-state index is 11.6. The molecule has 0 saturated heterocycles. The number of fused-ring (bicyclic) bond motifs is 1. The summed E-state index contributed by atoms with van der Waals surface area (Å²) in [5.41, 5.74) is 1.04. The van der Waals surface area contributed by atoms with Crippen molar-refractivity contribution >= 4 is 11.9 Å². The monoisotopic (exact) mass is 236 g/mol. The van der Waals surface area contributed by atoms with Crippen LogP contribution in [0.1, 0.15) is 32.7 Å². The first-order valence-electron chi connectivity index (χ1n) is 5.25. The normalized spacial score (nSPS) is 13.5. The van der Waals surface area contributed by atoms with E-state index in [1.165, 1.54) is 19.2 Å². The molecule has 5 heteroatoms. The lowest BCUT2D eigenvalue weighted by atomic mass is 9.97. The minimum atomic E-state index is -1.09. The third-order valence-electron chi connectivity index (χ3n) is 2.69. The topological polar surface area (TPSA) is 72.8 Å². The summed E-state index contributed by atoms with van der Waals surface area (Å²) in [5, 5.41) is 8.96. The number of carboxylic acids is 1. The highest BCUT2D eigenvalue weighted by atomic mass is 16.5. The molecule has 0 aromatic heterocycles. The first-order chi connectivity index (χ1) is 8.13. The van der Waals surface area contributed by atoms with Crippen LogP contribution < -0.4 is 4.74 Å². The van der Waals surface area contributed by atoms with Gasteiger partial charge in [-0.3, -0.25) is 0 Å². The SMILES string of the molecule is COC(=O)c1cc(C(=O)O)cc2c1CCCO2. The van der Waals surface area contributed by atoms with Gasteiger partial charge in [0.15, 0.2) is 0 Å². The molecule has 0 bridgehead atoms. The van der Waals surface area contributed by atoms with Crippen LogP contribution in [0.25, 0.3) is 0 Å². The minimum absolute atomic E-state index is 0.0334. The number of hydrogen-bond donors (Lipinski definition) is 1. The summed E-state index contributed by atoms with van der Waals surface area (Å²) < 4.78 is 10.0. The van der Waals surface area contributed by atoms with E-state index < -0.39 is 11.9 Å². The second kappa shape index (κ2) is 4.45. The maximum absolute atomic E-state index is 11.6. The first kappa shape index (κ1) is 11.4. The quantitative estimate of drug-likeness (QED) is 0.787. The van der Waals surface area contributed by atoms with Gasteiger partial charge in [0.2, 0.25) is 0 Å². The molecule has 0 aliphatic carbocycles. The fraction of sp³-hybridized carbons (Fsp3) is 0.333. The molecule has 1 aliphatic heterocycles. The lowest BCUT2D eigenvalue weighted by Gasteiger charge is -2.20. The van der Waals surface area contributed by atoms with Crippen molar-refractivity contribution in [2.75, 3.05) is 13.7 Å². The third-order valence-corrected chi connectivity index (χ3v) is 2.69. The molecule has 1 aromatic rings. The molecular formula is C12H12O5. The van der Waals surface area contributed by atoms with Crippen molar-refractivity contribution in [2.45, 2.75) is 12.8 Å². The van der Waals surface area contributed by atoms with Gasteiger partial charge in [-0.1, -0.05) is 0 Å². The smallest absolute Gasteiger partial charge is 0.338 e. The molecule has 0 fully saturated rings. The Kier molecular flexibility index (Phi) is 2.99. The molecule has 1 aliphatic rings. The zero-order valence-corrected chi connectivity index (χ0v) is 9.36. The van der Waals surface area contributed by atoms with Crippen LogP contribution >= 0.6 is 0 Å². The van der Waals surface area contributed by atoms with Crippen molar-refractivity contribution in [1.82, 2.24) is 0 Å². The van der Waals surface area contributed by atoms with Crippen molar-refractivity contribution in [3.63, 3.8) is 0 Å². The van der Waals surface area contributed by atoms with Crippen LogP contribution in [0.2, 0.25) is 0 Å². The van der Waals surface area contributed by atoms with Crippen LogP contribution in [0, 0.1) is 0 Å². The van der Waals surface area contributed by atoms with E-state index in [4.69, 9.17) is 9.84 Å². The molecule has 2 rings (SSSR count). The van der Waals surface area contributed by atoms with Gasteiger partial charge in [0, 0.05) is 5.56 Å². The number of esters is 1. The van der Waals surface area contributed by atoms with Crippen LogP contribution in [0.4, 0.5) is 0 Å². The van der Waals surface area contributed by atoms with E-state index in [-0.39, 0.29) is 11.1 Å². The Hall–Kier alpha value is -2.04. The summed E-state index contributed by atoms with van der Waals surface area (Å²) in [4.78, 5) is 22.5. The lowest BCUT2D eigenvalue weighted by Crippen LogP contribution is -2.15. The zero-order valence-electron chi connectivity index (χ0n) is 9.36. The Morgan fingerprint density at radius 1 is 1.41 bits per heavy atom. The highest BCUT2D eigenvalue weighted by Crippen LogP contribution is 2.30. The molecule has 0 spiro atoms. The van der Waals surface area contributed by atoms with Crippen LogP contribution in [0.3, 0.4) is 0 Å². The Balaban J connectivity index is 2.58. The average molecular weight is 236 g/mol. The number of carboxylic acid groups (broad SMARTS) is 1. The fourth-order valence-electron chi connectivity index (χ4n) is 1.88. The van der Waals surface area contributed by atoms with E-state index in [1.54, 1.807) is 0 Å². The molecule has 1 N–H and O–H groups in total. The number of ether oxygens (including phenoxy) is 2. The van der Waals surface area contributed by atoms with Crippen molar-refractivity contribution in [3.05, 3.63) is 28.8 Å². The highest BCUT2D eigenvalue weighted by Gasteiger charge is 2.22. The summed E-state index contributed by atoms with van der Waals surface area (Å²) in [6, 6.07) is 2.78. The van der Waals surface area contributed by atoms with E-state index in [9.17, 15) is 9.59 Å². The summed E-state index contributed by atoms with van der Waals surface area (Å²) in [5.74, 6) is -1.15. The summed E-state index contributed by atoms with van der Waals surface area (Å²) in [7, 11) is 1.27. The fourth-order valence-corrected chi connectivity index (χ4v) is 1.88. The van der Waals surface area contributed by atoms with Gasteiger partial charge in [0.1, 0.15) is 5.75 Å². The number of carbonyl (C=O) groups is 2. The summed E-state index contributed by atoms with van der Waals surface area (Å²) >= 11 is 0. The zero-order chi connectivity index (χ0) is 12.4. The predicted octanol–water partition coefficient (Wildman–Crippen LogP) is 1.50. The second-order valence-electron chi connectivity index (χ2n) is 3.75. The molecule has 0 saturated carbocycles. The van der Waals surface area contributed by atoms with Crippen LogP contribution in [0.15, 0.2) is 12.1 Å². The molecule has 5 nitrogen and oxygen atoms in total. The highest BCUT2D eigenvalue weighted by molar-refractivity contribution is 5.96. The van der Waals surface area contributed by atoms with Gasteiger partial charge in [0.25, 0.3) is 0 Å². The van der Waals surface area contributed by atoms with Crippen LogP contribution in [-0.4, -0.2) is 30.8 Å². The van der Waals surface area contributed by atoms with E-state index in [0.29, 0.717) is 18.8 Å². The number of hydrogen-bond acceptors (Lipinski definition) is 4. The minimum Gasteiger partial charge on any atom is -0.493 e. The van der Waals surface area contributed by atoms with Gasteiger partial charge in [-0.15, -0.1) is 0 Å². The number of methoxy groups -OCH3 is 1. The van der Waals surface area contributed by atoms with E-state index in [2.05, 4.69) is 4.74 Å². The molecule has 17 heavy (non-hydrogen) atoms. The molecule has 0 atom stereocenters. The largest absolute Gasteiger partial charge is 0.493 e. The molecule has 0 amide bonds. The van der Waals surface area contributed by atoms with Gasteiger partial charge in [-0.05, 0) is 25.0 Å². The van der Waals surface area contributed by atoms with E-state index in [1.807, 2.05) is 0 Å². The number of benzene rings is 1. The van der Waals surface area contributed by atoms with Crippen molar-refractivity contribution in [2.24, 2.45) is 0 Å². The molecule has 0 unspecified atom stereocenters. The number of carbonyl (C=O) groups excluding carboxylic acids is 1. The summed E-state index contributed by atoms with van der Waals surface area (Å²) in [6.45, 7) is 0.538. The van der Waals surface area contributed by atoms with Gasteiger partial charge in [0.05, 0.1) is 24.8 Å². The first-order valence-corrected chi connectivity index (χ1v) is 5.25. The average Bonchev–Trinajstić information content (AvgIpc) is 2.36. The molecule has 1 aromatic carbocycles. The van der Waals surface area contributed by atoms with E-state index in [0.717, 1.165) is 12.0 Å². The standard InChI is InChI=1S/C12H12O5/c1-16-12(15)9-5-7(11(13)14)6-10-8(9)3-2-4-17-10/h5-6H,2-4H2,1H3,(H,13,14). The predicted molar refractivity (Wildman–Crippen MR) is 58.6 cm³/mol. The van der Waals surface area contributed by atoms with Gasteiger partial charge in [-0.2, -0.15) is 0 Å². The second-order valence-corrected chi connectivity index (χ2v) is 3.75. The van der Waals surface area contributed by atoms with Crippen molar-refractivity contribution < 1.29 is 24.2 Å². The Morgan fingerprint density at radius 2 is 2.18 bits per heavy atom. The van der Waals surface area contributed by atoms with Gasteiger partial charge >= 0.3 is 11.9 Å². The van der Waals surface area contributed by atoms with Crippen molar-refractivity contribution in [1.29, 1.82) is 0 Å². The van der Waals surface area contributed by atoms with Crippen LogP contribution in [0.5, 0.6) is 5.75 Å². The van der Waals surface area contributed by atoms with E-state index >= 15 is 0 Å². The van der Waals surface area contributed by atoms with Crippen LogP contribution in [-0.2, 0) is 11.2 Å². The number of rotatable bonds is 2. The lowest BCUT2D eigenvalue weighted by molar-refractivity contribution is 0.0598. The molecule has 90 valence electrons.